The molecule has 0 heterocycles. The zero-order valence-corrected chi connectivity index (χ0v) is 13.8. The minimum Gasteiger partial charge on any atom is -0.207 e. The number of sulfonamides is 1. The van der Waals surface area contributed by atoms with Crippen molar-refractivity contribution in [2.75, 3.05) is 0 Å². The molecule has 0 aromatic heterocycles. The Labute approximate surface area is 132 Å². The molecule has 0 saturated heterocycles. The molecule has 2 aromatic carbocycles. The van der Waals surface area contributed by atoms with Crippen LogP contribution in [0.5, 0.6) is 0 Å². The summed E-state index contributed by atoms with van der Waals surface area (Å²) in [6.45, 7) is 1.80. The smallest absolute Gasteiger partial charge is 0.207 e. The summed E-state index contributed by atoms with van der Waals surface area (Å²) in [6.07, 6.45) is 0. The van der Waals surface area contributed by atoms with Crippen LogP contribution in [0.2, 0.25) is 5.02 Å². The van der Waals surface area contributed by atoms with Crippen molar-refractivity contribution in [3.8, 4) is 0 Å². The maximum atomic E-state index is 12.3. The van der Waals surface area contributed by atoms with E-state index in [0.29, 0.717) is 9.50 Å². The molecule has 6 heteroatoms. The maximum Gasteiger partial charge on any atom is 0.241 e. The Kier molecular flexibility index (Phi) is 4.86. The molecule has 1 N–H and O–H groups in total. The second kappa shape index (κ2) is 6.26. The summed E-state index contributed by atoms with van der Waals surface area (Å²) in [4.78, 5) is 0.177. The molecule has 0 radical (unpaired) electrons. The fourth-order valence-electron chi connectivity index (χ4n) is 1.75. The Hall–Kier alpha value is -0.880. The highest BCUT2D eigenvalue weighted by Gasteiger charge is 2.19. The van der Waals surface area contributed by atoms with Crippen LogP contribution in [0.25, 0.3) is 0 Å². The zero-order chi connectivity index (χ0) is 14.8. The molecule has 0 aliphatic rings. The van der Waals surface area contributed by atoms with E-state index >= 15 is 0 Å². The summed E-state index contributed by atoms with van der Waals surface area (Å²) in [5.41, 5.74) is 0.907. The van der Waals surface area contributed by atoms with Gasteiger partial charge >= 0.3 is 0 Å². The molecule has 2 aromatic rings. The first-order valence-electron chi connectivity index (χ1n) is 5.92. The van der Waals surface area contributed by atoms with Crippen molar-refractivity contribution in [1.29, 1.82) is 0 Å². The second-order valence-electron chi connectivity index (χ2n) is 4.33. The second-order valence-corrected chi connectivity index (χ2v) is 7.31. The Balaban J connectivity index is 2.25. The third-order valence-electron chi connectivity index (χ3n) is 2.83. The van der Waals surface area contributed by atoms with Crippen LogP contribution in [0.15, 0.2) is 57.9 Å². The summed E-state index contributed by atoms with van der Waals surface area (Å²) in [6, 6.07) is 13.6. The van der Waals surface area contributed by atoms with E-state index in [1.165, 1.54) is 12.1 Å². The molecular weight excluding hydrogens is 362 g/mol. The molecule has 0 spiro atoms. The molecule has 2 rings (SSSR count). The van der Waals surface area contributed by atoms with Crippen molar-refractivity contribution in [3.63, 3.8) is 0 Å². The van der Waals surface area contributed by atoms with E-state index in [1.54, 1.807) is 13.0 Å². The van der Waals surface area contributed by atoms with Gasteiger partial charge in [0.1, 0.15) is 0 Å². The predicted molar refractivity (Wildman–Crippen MR) is 84.3 cm³/mol. The van der Waals surface area contributed by atoms with E-state index in [1.807, 2.05) is 30.3 Å². The minimum absolute atomic E-state index is 0.177. The van der Waals surface area contributed by atoms with Crippen LogP contribution in [0, 0.1) is 0 Å². The van der Waals surface area contributed by atoms with Gasteiger partial charge in [-0.05, 0) is 46.6 Å². The summed E-state index contributed by atoms with van der Waals surface area (Å²) in [5, 5.41) is 0.472. The number of benzene rings is 2. The van der Waals surface area contributed by atoms with Gasteiger partial charge in [0.25, 0.3) is 0 Å². The first-order chi connectivity index (χ1) is 9.40. The fourth-order valence-corrected chi connectivity index (χ4v) is 3.66. The van der Waals surface area contributed by atoms with E-state index in [4.69, 9.17) is 11.6 Å². The topological polar surface area (TPSA) is 46.2 Å². The van der Waals surface area contributed by atoms with E-state index < -0.39 is 10.0 Å². The summed E-state index contributed by atoms with van der Waals surface area (Å²) in [7, 11) is -3.59. The Morgan fingerprint density at radius 2 is 1.80 bits per heavy atom. The van der Waals surface area contributed by atoms with Crippen molar-refractivity contribution >= 4 is 37.6 Å². The van der Waals surface area contributed by atoms with Gasteiger partial charge in [-0.1, -0.05) is 41.9 Å². The van der Waals surface area contributed by atoms with Gasteiger partial charge in [0.05, 0.1) is 9.92 Å². The monoisotopic (exact) mass is 373 g/mol. The van der Waals surface area contributed by atoms with Crippen LogP contribution >= 0.6 is 27.5 Å². The lowest BCUT2D eigenvalue weighted by Crippen LogP contribution is -2.26. The molecule has 0 aliphatic heterocycles. The number of hydrogen-bond donors (Lipinski definition) is 1. The molecule has 0 bridgehead atoms. The van der Waals surface area contributed by atoms with Crippen molar-refractivity contribution < 1.29 is 8.42 Å². The quantitative estimate of drug-likeness (QED) is 0.874. The molecule has 20 heavy (non-hydrogen) atoms. The molecule has 106 valence electrons. The van der Waals surface area contributed by atoms with E-state index in [9.17, 15) is 8.42 Å². The van der Waals surface area contributed by atoms with Gasteiger partial charge in [-0.15, -0.1) is 0 Å². The minimum atomic E-state index is -3.59. The Morgan fingerprint density at radius 3 is 2.40 bits per heavy atom. The predicted octanol–water partition coefficient (Wildman–Crippen LogP) is 4.14. The van der Waals surface area contributed by atoms with E-state index in [2.05, 4.69) is 20.7 Å². The lowest BCUT2D eigenvalue weighted by molar-refractivity contribution is 0.567. The molecule has 1 atom stereocenters. The van der Waals surface area contributed by atoms with Gasteiger partial charge in [-0.2, -0.15) is 0 Å². The third-order valence-corrected chi connectivity index (χ3v) is 5.59. The average molecular weight is 375 g/mol. The van der Waals surface area contributed by atoms with Crippen molar-refractivity contribution in [1.82, 2.24) is 4.72 Å². The Bertz CT molecular complexity index is 704. The van der Waals surface area contributed by atoms with Crippen molar-refractivity contribution in [2.24, 2.45) is 0 Å². The third kappa shape index (κ3) is 3.61. The number of hydrogen-bond acceptors (Lipinski definition) is 2. The zero-order valence-electron chi connectivity index (χ0n) is 10.7. The number of nitrogens with one attached hydrogen (secondary N) is 1. The van der Waals surface area contributed by atoms with Crippen LogP contribution in [0.1, 0.15) is 18.5 Å². The van der Waals surface area contributed by atoms with E-state index in [-0.39, 0.29) is 10.9 Å². The molecular formula is C14H13BrClNO2S. The average Bonchev–Trinajstić information content (AvgIpc) is 2.42. The van der Waals surface area contributed by atoms with E-state index in [0.717, 1.165) is 5.56 Å². The number of rotatable bonds is 4. The molecule has 3 nitrogen and oxygen atoms in total. The molecule has 0 aliphatic carbocycles. The van der Waals surface area contributed by atoms with Gasteiger partial charge in [-0.3, -0.25) is 0 Å². The summed E-state index contributed by atoms with van der Waals surface area (Å²) in [5.74, 6) is 0. The van der Waals surface area contributed by atoms with Gasteiger partial charge in [0.2, 0.25) is 10.0 Å². The Morgan fingerprint density at radius 1 is 1.15 bits per heavy atom. The van der Waals surface area contributed by atoms with Gasteiger partial charge in [-0.25, -0.2) is 13.1 Å². The van der Waals surface area contributed by atoms with Crippen LogP contribution < -0.4 is 4.72 Å². The normalized spacial score (nSPS) is 13.2. The molecule has 0 fully saturated rings. The lowest BCUT2D eigenvalue weighted by atomic mass is 10.1. The standard InChI is InChI=1S/C14H13BrClNO2S/c1-10(11-5-3-2-4-6-11)17-20(18,19)12-7-8-14(16)13(15)9-12/h2-10,17H,1H3/t10-/m0/s1. The molecule has 0 saturated carbocycles. The van der Waals surface area contributed by atoms with Gasteiger partial charge in [0, 0.05) is 10.5 Å². The maximum absolute atomic E-state index is 12.3. The highest BCUT2D eigenvalue weighted by Crippen LogP contribution is 2.26. The lowest BCUT2D eigenvalue weighted by Gasteiger charge is -2.15. The molecule has 0 amide bonds. The van der Waals surface area contributed by atoms with Crippen molar-refractivity contribution in [3.05, 3.63) is 63.6 Å². The van der Waals surface area contributed by atoms with Crippen LogP contribution in [0.4, 0.5) is 0 Å². The highest BCUT2D eigenvalue weighted by molar-refractivity contribution is 9.10. The highest BCUT2D eigenvalue weighted by atomic mass is 79.9. The summed E-state index contributed by atoms with van der Waals surface area (Å²) < 4.78 is 27.8. The van der Waals surface area contributed by atoms with Crippen LogP contribution in [-0.4, -0.2) is 8.42 Å². The van der Waals surface area contributed by atoms with Gasteiger partial charge in [0.15, 0.2) is 0 Å². The van der Waals surface area contributed by atoms with Crippen LogP contribution in [-0.2, 0) is 10.0 Å². The first kappa shape index (κ1) is 15.5. The molecule has 0 unspecified atom stereocenters. The van der Waals surface area contributed by atoms with Gasteiger partial charge < -0.3 is 0 Å². The largest absolute Gasteiger partial charge is 0.241 e. The fraction of sp³-hybridized carbons (Fsp3) is 0.143. The first-order valence-corrected chi connectivity index (χ1v) is 8.58. The summed E-state index contributed by atoms with van der Waals surface area (Å²) >= 11 is 9.10. The SMILES string of the molecule is C[C@H](NS(=O)(=O)c1ccc(Cl)c(Br)c1)c1ccccc1. The number of halogens is 2. The van der Waals surface area contributed by atoms with Crippen molar-refractivity contribution in [2.45, 2.75) is 17.9 Å². The van der Waals surface area contributed by atoms with Crippen LogP contribution in [0.3, 0.4) is 0 Å².